The van der Waals surface area contributed by atoms with Gasteiger partial charge in [0.1, 0.15) is 0 Å². The van der Waals surface area contributed by atoms with Crippen molar-refractivity contribution >= 4 is 15.9 Å². The number of pyridine rings is 1. The van der Waals surface area contributed by atoms with Gasteiger partial charge in [0.05, 0.1) is 0 Å². The Bertz CT molecular complexity index is 279. The molecule has 0 bridgehead atoms. The monoisotopic (exact) mass is 201 g/mol. The predicted octanol–water partition coefficient (Wildman–Crippen LogP) is 1.63. The molecule has 0 saturated heterocycles. The molecule has 0 aliphatic heterocycles. The van der Waals surface area contributed by atoms with Gasteiger partial charge >= 0.3 is 0 Å². The highest BCUT2D eigenvalue weighted by molar-refractivity contribution is 9.10. The van der Waals surface area contributed by atoms with Gasteiger partial charge in [-0.3, -0.25) is 4.79 Å². The predicted molar refractivity (Wildman–Crippen MR) is 44.1 cm³/mol. The molecule has 0 fully saturated rings. The summed E-state index contributed by atoms with van der Waals surface area (Å²) in [5, 5.41) is 0. The summed E-state index contributed by atoms with van der Waals surface area (Å²) >= 11 is 3.28. The molecule has 0 aliphatic carbocycles. The Balaban J connectivity index is 3.22. The quantitative estimate of drug-likeness (QED) is 0.678. The Labute approximate surface area is 67.6 Å². The number of aromatic nitrogens is 1. The maximum absolute atomic E-state index is 10.9. The largest absolute Gasteiger partial charge is 0.315 e. The third-order valence-corrected chi connectivity index (χ3v) is 1.76. The fourth-order valence-corrected chi connectivity index (χ4v) is 1.13. The van der Waals surface area contributed by atoms with Gasteiger partial charge in [0.15, 0.2) is 0 Å². The third kappa shape index (κ3) is 1.48. The summed E-state index contributed by atoms with van der Waals surface area (Å²) in [6.07, 6.45) is 1.78. The number of rotatable bonds is 1. The van der Waals surface area contributed by atoms with Crippen LogP contribution in [0.15, 0.2) is 27.6 Å². The average Bonchev–Trinajstić information content (AvgIpc) is 1.94. The first kappa shape index (κ1) is 7.54. The summed E-state index contributed by atoms with van der Waals surface area (Å²) in [5.41, 5.74) is 0.0469. The fraction of sp³-hybridized carbons (Fsp3) is 0.286. The Hall–Kier alpha value is -0.570. The summed E-state index contributed by atoms with van der Waals surface area (Å²) < 4.78 is 2.58. The van der Waals surface area contributed by atoms with Crippen LogP contribution in [0, 0.1) is 0 Å². The second-order valence-corrected chi connectivity index (χ2v) is 2.89. The van der Waals surface area contributed by atoms with Gasteiger partial charge in [-0.05, 0) is 28.9 Å². The molecule has 1 aromatic heterocycles. The molecule has 0 radical (unpaired) electrons. The minimum Gasteiger partial charge on any atom is -0.315 e. The van der Waals surface area contributed by atoms with Crippen LogP contribution in [0.3, 0.4) is 0 Å². The van der Waals surface area contributed by atoms with Crippen molar-refractivity contribution in [2.45, 2.75) is 13.5 Å². The molecule has 1 heterocycles. The van der Waals surface area contributed by atoms with Crippen molar-refractivity contribution in [2.75, 3.05) is 0 Å². The van der Waals surface area contributed by atoms with E-state index in [-0.39, 0.29) is 5.56 Å². The number of aryl methyl sites for hydroxylation is 1. The minimum atomic E-state index is 0.0469. The lowest BCUT2D eigenvalue weighted by Crippen LogP contribution is -2.16. The zero-order valence-corrected chi connectivity index (χ0v) is 7.26. The first-order chi connectivity index (χ1) is 4.74. The van der Waals surface area contributed by atoms with E-state index in [0.29, 0.717) is 0 Å². The molecule has 0 atom stereocenters. The smallest absolute Gasteiger partial charge is 0.250 e. The van der Waals surface area contributed by atoms with Gasteiger partial charge in [-0.2, -0.15) is 0 Å². The molecule has 0 amide bonds. The molecular weight excluding hydrogens is 194 g/mol. The number of hydrogen-bond acceptors (Lipinski definition) is 1. The summed E-state index contributed by atoms with van der Waals surface area (Å²) in [4.78, 5) is 10.9. The maximum Gasteiger partial charge on any atom is 0.250 e. The van der Waals surface area contributed by atoms with E-state index in [0.717, 1.165) is 11.0 Å². The molecule has 54 valence electrons. The molecule has 3 heteroatoms. The van der Waals surface area contributed by atoms with Crippen molar-refractivity contribution in [1.29, 1.82) is 0 Å². The van der Waals surface area contributed by atoms with Crippen molar-refractivity contribution in [3.63, 3.8) is 0 Å². The van der Waals surface area contributed by atoms with E-state index in [9.17, 15) is 4.79 Å². The minimum absolute atomic E-state index is 0.0469. The molecule has 2 nitrogen and oxygen atoms in total. The average molecular weight is 202 g/mol. The molecule has 10 heavy (non-hydrogen) atoms. The van der Waals surface area contributed by atoms with Crippen LogP contribution >= 0.6 is 15.9 Å². The summed E-state index contributed by atoms with van der Waals surface area (Å²) in [6.45, 7) is 2.66. The number of nitrogens with zero attached hydrogens (tertiary/aromatic N) is 1. The Kier molecular flexibility index (Phi) is 2.27. The van der Waals surface area contributed by atoms with Crippen LogP contribution in [0.1, 0.15) is 6.92 Å². The molecular formula is C7H8BrNO. The molecule has 0 saturated carbocycles. The summed E-state index contributed by atoms with van der Waals surface area (Å²) in [5.74, 6) is 0. The second-order valence-electron chi connectivity index (χ2n) is 1.97. The molecule has 0 N–H and O–H groups in total. The van der Waals surface area contributed by atoms with Crippen LogP contribution < -0.4 is 5.56 Å². The SMILES string of the molecule is CCn1cc(Br)ccc1=O. The fourth-order valence-electron chi connectivity index (χ4n) is 0.749. The van der Waals surface area contributed by atoms with Gasteiger partial charge in [-0.15, -0.1) is 0 Å². The van der Waals surface area contributed by atoms with Crippen molar-refractivity contribution < 1.29 is 0 Å². The van der Waals surface area contributed by atoms with Crippen molar-refractivity contribution in [3.05, 3.63) is 33.2 Å². The van der Waals surface area contributed by atoms with Crippen molar-refractivity contribution in [2.24, 2.45) is 0 Å². The zero-order chi connectivity index (χ0) is 7.56. The summed E-state index contributed by atoms with van der Waals surface area (Å²) in [6, 6.07) is 3.29. The van der Waals surface area contributed by atoms with Gasteiger partial charge in [0.2, 0.25) is 0 Å². The first-order valence-corrected chi connectivity index (χ1v) is 3.89. The molecule has 1 aromatic rings. The van der Waals surface area contributed by atoms with Crippen molar-refractivity contribution in [3.8, 4) is 0 Å². The second kappa shape index (κ2) is 3.01. The van der Waals surface area contributed by atoms with Crippen LogP contribution in [-0.2, 0) is 6.54 Å². The van der Waals surface area contributed by atoms with Crippen LogP contribution in [0.25, 0.3) is 0 Å². The number of halogens is 1. The highest BCUT2D eigenvalue weighted by Crippen LogP contribution is 2.04. The molecule has 0 aromatic carbocycles. The highest BCUT2D eigenvalue weighted by Gasteiger charge is 1.91. The normalized spacial score (nSPS) is 9.80. The van der Waals surface area contributed by atoms with Crippen LogP contribution in [0.4, 0.5) is 0 Å². The lowest BCUT2D eigenvalue weighted by molar-refractivity contribution is 0.724. The van der Waals surface area contributed by atoms with E-state index in [2.05, 4.69) is 15.9 Å². The van der Waals surface area contributed by atoms with Crippen LogP contribution in [0.5, 0.6) is 0 Å². The molecule has 0 unspecified atom stereocenters. The Morgan fingerprint density at radius 1 is 1.60 bits per heavy atom. The molecule has 0 spiro atoms. The molecule has 1 rings (SSSR count). The lowest BCUT2D eigenvalue weighted by atomic mass is 10.5. The Morgan fingerprint density at radius 2 is 2.30 bits per heavy atom. The van der Waals surface area contributed by atoms with E-state index >= 15 is 0 Å². The van der Waals surface area contributed by atoms with Gasteiger partial charge in [0, 0.05) is 23.3 Å². The highest BCUT2D eigenvalue weighted by atomic mass is 79.9. The zero-order valence-electron chi connectivity index (χ0n) is 5.67. The van der Waals surface area contributed by atoms with E-state index < -0.39 is 0 Å². The third-order valence-electron chi connectivity index (χ3n) is 1.29. The standard InChI is InChI=1S/C7H8BrNO/c1-2-9-5-6(8)3-4-7(9)10/h3-5H,2H2,1H3. The van der Waals surface area contributed by atoms with E-state index in [1.54, 1.807) is 22.9 Å². The van der Waals surface area contributed by atoms with Gasteiger partial charge < -0.3 is 4.57 Å². The van der Waals surface area contributed by atoms with Gasteiger partial charge in [-0.1, -0.05) is 0 Å². The van der Waals surface area contributed by atoms with Crippen LogP contribution in [-0.4, -0.2) is 4.57 Å². The maximum atomic E-state index is 10.9. The van der Waals surface area contributed by atoms with E-state index in [4.69, 9.17) is 0 Å². The van der Waals surface area contributed by atoms with Crippen LogP contribution in [0.2, 0.25) is 0 Å². The van der Waals surface area contributed by atoms with Crippen molar-refractivity contribution in [1.82, 2.24) is 4.57 Å². The van der Waals surface area contributed by atoms with Gasteiger partial charge in [0.25, 0.3) is 5.56 Å². The summed E-state index contributed by atoms with van der Waals surface area (Å²) in [7, 11) is 0. The van der Waals surface area contributed by atoms with Gasteiger partial charge in [-0.25, -0.2) is 0 Å². The lowest BCUT2D eigenvalue weighted by Gasteiger charge is -1.99. The van der Waals surface area contributed by atoms with E-state index in [1.807, 2.05) is 6.92 Å². The number of hydrogen-bond donors (Lipinski definition) is 0. The first-order valence-electron chi connectivity index (χ1n) is 3.10. The Morgan fingerprint density at radius 3 is 2.80 bits per heavy atom. The van der Waals surface area contributed by atoms with E-state index in [1.165, 1.54) is 0 Å². The topological polar surface area (TPSA) is 22.0 Å². The molecule has 0 aliphatic rings.